The molecule has 0 saturated carbocycles. The maximum Gasteiger partial charge on any atom is 0.383 e. The highest BCUT2D eigenvalue weighted by Gasteiger charge is 2.49. The summed E-state index contributed by atoms with van der Waals surface area (Å²) in [4.78, 5) is 22.4. The van der Waals surface area contributed by atoms with E-state index < -0.39 is 29.8 Å². The van der Waals surface area contributed by atoms with Crippen molar-refractivity contribution in [3.8, 4) is 0 Å². The van der Waals surface area contributed by atoms with Crippen molar-refractivity contribution in [2.45, 2.75) is 25.7 Å². The van der Waals surface area contributed by atoms with E-state index in [1.165, 1.54) is 11.4 Å². The van der Waals surface area contributed by atoms with Crippen LogP contribution in [0.5, 0.6) is 0 Å². The van der Waals surface area contributed by atoms with Crippen LogP contribution in [0.3, 0.4) is 0 Å². The molecule has 0 atom stereocenters. The molecule has 0 aliphatic carbocycles. The highest BCUT2D eigenvalue weighted by molar-refractivity contribution is 7.16. The van der Waals surface area contributed by atoms with Crippen molar-refractivity contribution < 1.29 is 32.3 Å². The Kier molecular flexibility index (Phi) is 4.51. The number of hydrogen-bond donors (Lipinski definition) is 2. The van der Waals surface area contributed by atoms with Crippen molar-refractivity contribution in [2.24, 2.45) is 0 Å². The molecule has 0 aromatic carbocycles. The second kappa shape index (κ2) is 5.55. The molecule has 19 heavy (non-hydrogen) atoms. The molecule has 9 heteroatoms. The average Bonchev–Trinajstić information content (AvgIpc) is 2.71. The molecule has 1 aromatic rings. The summed E-state index contributed by atoms with van der Waals surface area (Å²) in [5, 5.41) is 9.98. The minimum atomic E-state index is -4.87. The number of rotatable bonds is 5. The molecule has 0 fully saturated rings. The molecule has 1 rings (SSSR count). The van der Waals surface area contributed by atoms with E-state index in [1.807, 2.05) is 0 Å². The largest absolute Gasteiger partial charge is 0.478 e. The zero-order valence-corrected chi connectivity index (χ0v) is 10.4. The van der Waals surface area contributed by atoms with Gasteiger partial charge in [0.2, 0.25) is 0 Å². The highest BCUT2D eigenvalue weighted by Crippen LogP contribution is 2.31. The van der Waals surface area contributed by atoms with Crippen molar-refractivity contribution in [1.82, 2.24) is 0 Å². The van der Waals surface area contributed by atoms with Crippen LogP contribution in [-0.4, -0.2) is 29.3 Å². The van der Waals surface area contributed by atoms with Crippen LogP contribution in [0.25, 0.3) is 0 Å². The second-order valence-electron chi connectivity index (χ2n) is 3.49. The SMILES string of the molecule is CCc1cc(C(=O)O)c(NC(=O)C(F)(F)C(F)F)s1. The molecule has 1 amide bonds. The van der Waals surface area contributed by atoms with Gasteiger partial charge in [-0.3, -0.25) is 4.79 Å². The lowest BCUT2D eigenvalue weighted by atomic mass is 10.2. The van der Waals surface area contributed by atoms with E-state index in [2.05, 4.69) is 0 Å². The Hall–Kier alpha value is -1.64. The maximum absolute atomic E-state index is 12.7. The molecule has 0 bridgehead atoms. The minimum absolute atomic E-state index is 0.380. The van der Waals surface area contributed by atoms with Gasteiger partial charge in [0, 0.05) is 4.88 Å². The molecule has 1 aromatic heterocycles. The third-order valence-electron chi connectivity index (χ3n) is 2.17. The lowest BCUT2D eigenvalue weighted by Crippen LogP contribution is -2.41. The number of nitrogens with one attached hydrogen (secondary N) is 1. The van der Waals surface area contributed by atoms with Gasteiger partial charge in [-0.15, -0.1) is 11.3 Å². The van der Waals surface area contributed by atoms with E-state index >= 15 is 0 Å². The molecule has 106 valence electrons. The van der Waals surface area contributed by atoms with Gasteiger partial charge in [-0.2, -0.15) is 8.78 Å². The number of alkyl halides is 4. The first-order valence-corrected chi connectivity index (χ1v) is 5.85. The normalized spacial score (nSPS) is 11.7. The summed E-state index contributed by atoms with van der Waals surface area (Å²) >= 11 is 0.753. The van der Waals surface area contributed by atoms with E-state index in [-0.39, 0.29) is 5.00 Å². The standard InChI is InChI=1S/C10H9F4NO3S/c1-2-4-3-5(7(16)17)6(19-4)15-9(18)10(13,14)8(11)12/h3,8H,2H2,1H3,(H,15,18)(H,16,17). The molecule has 0 radical (unpaired) electrons. The zero-order valence-electron chi connectivity index (χ0n) is 9.55. The Labute approximate surface area is 109 Å². The summed E-state index contributed by atoms with van der Waals surface area (Å²) in [6.45, 7) is 1.69. The van der Waals surface area contributed by atoms with Crippen molar-refractivity contribution in [2.75, 3.05) is 5.32 Å². The molecule has 0 aliphatic heterocycles. The Morgan fingerprint density at radius 1 is 1.47 bits per heavy atom. The molecule has 0 unspecified atom stereocenters. The first-order chi connectivity index (χ1) is 8.70. The summed E-state index contributed by atoms with van der Waals surface area (Å²) in [6, 6.07) is 1.20. The monoisotopic (exact) mass is 299 g/mol. The van der Waals surface area contributed by atoms with E-state index in [4.69, 9.17) is 5.11 Å². The van der Waals surface area contributed by atoms with Crippen LogP contribution in [0.2, 0.25) is 0 Å². The number of amides is 1. The van der Waals surface area contributed by atoms with Gasteiger partial charge in [-0.25, -0.2) is 13.6 Å². The number of carboxylic acid groups (broad SMARTS) is 1. The van der Waals surface area contributed by atoms with Crippen LogP contribution in [0.15, 0.2) is 6.07 Å². The van der Waals surface area contributed by atoms with Crippen LogP contribution in [0.4, 0.5) is 22.6 Å². The molecule has 4 nitrogen and oxygen atoms in total. The average molecular weight is 299 g/mol. The summed E-state index contributed by atoms with van der Waals surface area (Å²) in [5.41, 5.74) is -0.403. The third-order valence-corrected chi connectivity index (χ3v) is 3.36. The fourth-order valence-corrected chi connectivity index (χ4v) is 2.14. The molecule has 0 spiro atoms. The van der Waals surface area contributed by atoms with Crippen LogP contribution >= 0.6 is 11.3 Å². The summed E-state index contributed by atoms with van der Waals surface area (Å²) in [7, 11) is 0. The number of thiophene rings is 1. The van der Waals surface area contributed by atoms with Crippen LogP contribution in [-0.2, 0) is 11.2 Å². The number of aromatic carboxylic acids is 1. The van der Waals surface area contributed by atoms with Crippen LogP contribution in [0.1, 0.15) is 22.2 Å². The third kappa shape index (κ3) is 3.22. The summed E-state index contributed by atoms with van der Waals surface area (Å²) < 4.78 is 49.4. The maximum atomic E-state index is 12.7. The smallest absolute Gasteiger partial charge is 0.383 e. The molecular weight excluding hydrogens is 290 g/mol. The van der Waals surface area contributed by atoms with Crippen molar-refractivity contribution >= 4 is 28.2 Å². The van der Waals surface area contributed by atoms with Crippen molar-refractivity contribution in [1.29, 1.82) is 0 Å². The van der Waals surface area contributed by atoms with Crippen LogP contribution < -0.4 is 5.32 Å². The molecule has 0 aliphatic rings. The van der Waals surface area contributed by atoms with E-state index in [9.17, 15) is 27.2 Å². The van der Waals surface area contributed by atoms with Crippen molar-refractivity contribution in [3.05, 3.63) is 16.5 Å². The fraction of sp³-hybridized carbons (Fsp3) is 0.400. The summed E-state index contributed by atoms with van der Waals surface area (Å²) in [6.07, 6.45) is -3.74. The predicted molar refractivity (Wildman–Crippen MR) is 60.2 cm³/mol. The molecule has 1 heterocycles. The quantitative estimate of drug-likeness (QED) is 0.822. The topological polar surface area (TPSA) is 66.4 Å². The van der Waals surface area contributed by atoms with Gasteiger partial charge in [0.15, 0.2) is 0 Å². The lowest BCUT2D eigenvalue weighted by molar-refractivity contribution is -0.163. The highest BCUT2D eigenvalue weighted by atomic mass is 32.1. The van der Waals surface area contributed by atoms with Gasteiger partial charge >= 0.3 is 24.2 Å². The Bertz CT molecular complexity index is 501. The number of anilines is 1. The lowest BCUT2D eigenvalue weighted by Gasteiger charge is -2.14. The zero-order chi connectivity index (χ0) is 14.8. The van der Waals surface area contributed by atoms with Gasteiger partial charge in [-0.1, -0.05) is 6.92 Å². The molecule has 0 saturated heterocycles. The van der Waals surface area contributed by atoms with E-state index in [0.29, 0.717) is 11.3 Å². The van der Waals surface area contributed by atoms with Gasteiger partial charge in [0.25, 0.3) is 0 Å². The van der Waals surface area contributed by atoms with Gasteiger partial charge < -0.3 is 10.4 Å². The Balaban J connectivity index is 3.02. The first-order valence-electron chi connectivity index (χ1n) is 5.03. The van der Waals surface area contributed by atoms with Crippen LogP contribution in [0, 0.1) is 0 Å². The molecular formula is C10H9F4NO3S. The molecule has 2 N–H and O–H groups in total. The number of carbonyl (C=O) groups is 2. The first kappa shape index (κ1) is 15.4. The van der Waals surface area contributed by atoms with Gasteiger partial charge in [0.05, 0.1) is 5.56 Å². The summed E-state index contributed by atoms with van der Waals surface area (Å²) in [5.74, 6) is -8.53. The number of halogens is 4. The number of aryl methyl sites for hydroxylation is 1. The van der Waals surface area contributed by atoms with E-state index in [0.717, 1.165) is 11.3 Å². The predicted octanol–water partition coefficient (Wildman–Crippen LogP) is 2.85. The number of hydrogen-bond acceptors (Lipinski definition) is 3. The van der Waals surface area contributed by atoms with E-state index in [1.54, 1.807) is 6.92 Å². The fourth-order valence-electron chi connectivity index (χ4n) is 1.15. The van der Waals surface area contributed by atoms with Crippen molar-refractivity contribution in [3.63, 3.8) is 0 Å². The number of carbonyl (C=O) groups excluding carboxylic acids is 1. The Morgan fingerprint density at radius 2 is 2.05 bits per heavy atom. The number of carboxylic acids is 1. The van der Waals surface area contributed by atoms with Gasteiger partial charge in [0.1, 0.15) is 5.00 Å². The van der Waals surface area contributed by atoms with Gasteiger partial charge in [-0.05, 0) is 12.5 Å². The minimum Gasteiger partial charge on any atom is -0.478 e. The Morgan fingerprint density at radius 3 is 2.47 bits per heavy atom. The second-order valence-corrected chi connectivity index (χ2v) is 4.63.